The van der Waals surface area contributed by atoms with Crippen molar-refractivity contribution in [3.8, 4) is 28.6 Å². The van der Waals surface area contributed by atoms with Gasteiger partial charge in [0.25, 0.3) is 0 Å². The van der Waals surface area contributed by atoms with Crippen LogP contribution in [0.15, 0.2) is 48.5 Å². The molecule has 2 aromatic carbocycles. The van der Waals surface area contributed by atoms with Crippen LogP contribution < -0.4 is 24.8 Å². The number of nitrogens with zero attached hydrogens (tertiary/aromatic N) is 2. The predicted molar refractivity (Wildman–Crippen MR) is 116 cm³/mol. The standard InChI is InChI=1S/C21H21ClN4O4/c1-4-30-20-9-8-16(25-26-20)13-6-5-7-14(10-13)23-21(27)24-17-11-15(22)18(28-2)12-19(17)29-3/h5-12H,4H2,1-3H3,(H2,23,24,27). The molecule has 0 aliphatic rings. The molecule has 0 bridgehead atoms. The van der Waals surface area contributed by atoms with Crippen molar-refractivity contribution in [2.45, 2.75) is 6.92 Å². The molecule has 3 rings (SSSR count). The molecule has 0 spiro atoms. The van der Waals surface area contributed by atoms with Crippen LogP contribution in [0.5, 0.6) is 17.4 Å². The van der Waals surface area contributed by atoms with Crippen molar-refractivity contribution >= 4 is 29.0 Å². The van der Waals surface area contributed by atoms with E-state index in [9.17, 15) is 4.79 Å². The lowest BCUT2D eigenvalue weighted by Gasteiger charge is -2.14. The van der Waals surface area contributed by atoms with Crippen molar-refractivity contribution in [3.05, 3.63) is 53.6 Å². The first kappa shape index (κ1) is 21.2. The Morgan fingerprint density at radius 1 is 1.00 bits per heavy atom. The van der Waals surface area contributed by atoms with Crippen LogP contribution in [0.2, 0.25) is 5.02 Å². The molecule has 0 radical (unpaired) electrons. The van der Waals surface area contributed by atoms with E-state index < -0.39 is 6.03 Å². The molecule has 0 unspecified atom stereocenters. The van der Waals surface area contributed by atoms with Crippen molar-refractivity contribution in [1.82, 2.24) is 10.2 Å². The van der Waals surface area contributed by atoms with Gasteiger partial charge in [0.15, 0.2) is 0 Å². The Morgan fingerprint density at radius 3 is 2.47 bits per heavy atom. The third-order valence-corrected chi connectivity index (χ3v) is 4.37. The average Bonchev–Trinajstić information content (AvgIpc) is 2.75. The van der Waals surface area contributed by atoms with Gasteiger partial charge in [-0.2, -0.15) is 0 Å². The zero-order chi connectivity index (χ0) is 21.5. The summed E-state index contributed by atoms with van der Waals surface area (Å²) in [4.78, 5) is 12.5. The van der Waals surface area contributed by atoms with Crippen LogP contribution in [0.25, 0.3) is 11.3 Å². The second-order valence-electron chi connectivity index (χ2n) is 6.04. The summed E-state index contributed by atoms with van der Waals surface area (Å²) in [7, 11) is 3.00. The molecule has 1 aromatic heterocycles. The van der Waals surface area contributed by atoms with E-state index in [0.717, 1.165) is 5.56 Å². The second kappa shape index (κ2) is 9.80. The smallest absolute Gasteiger partial charge is 0.323 e. The summed E-state index contributed by atoms with van der Waals surface area (Å²) in [5.41, 5.74) is 2.45. The molecule has 0 atom stereocenters. The van der Waals surface area contributed by atoms with E-state index in [1.54, 1.807) is 36.4 Å². The molecule has 1 heterocycles. The average molecular weight is 429 g/mol. The molecule has 0 aliphatic heterocycles. The van der Waals surface area contributed by atoms with Crippen molar-refractivity contribution in [2.24, 2.45) is 0 Å². The summed E-state index contributed by atoms with van der Waals surface area (Å²) in [6, 6.07) is 13.5. The number of hydrogen-bond donors (Lipinski definition) is 2. The predicted octanol–water partition coefficient (Wildman–Crippen LogP) is 4.86. The number of carbonyl (C=O) groups excluding carboxylic acids is 1. The quantitative estimate of drug-likeness (QED) is 0.558. The summed E-state index contributed by atoms with van der Waals surface area (Å²) in [5.74, 6) is 1.33. The molecule has 8 nitrogen and oxygen atoms in total. The Bertz CT molecular complexity index is 1030. The third-order valence-electron chi connectivity index (χ3n) is 4.07. The van der Waals surface area contributed by atoms with Gasteiger partial charge in [0.2, 0.25) is 5.88 Å². The van der Waals surface area contributed by atoms with Gasteiger partial charge in [-0.05, 0) is 31.2 Å². The maximum absolute atomic E-state index is 12.5. The number of amides is 2. The normalized spacial score (nSPS) is 10.3. The van der Waals surface area contributed by atoms with Crippen molar-refractivity contribution in [3.63, 3.8) is 0 Å². The van der Waals surface area contributed by atoms with E-state index in [0.29, 0.717) is 46.1 Å². The molecule has 30 heavy (non-hydrogen) atoms. The lowest BCUT2D eigenvalue weighted by molar-refractivity contribution is 0.262. The van der Waals surface area contributed by atoms with Crippen LogP contribution in [0.3, 0.4) is 0 Å². The second-order valence-corrected chi connectivity index (χ2v) is 6.44. The maximum atomic E-state index is 12.5. The first-order chi connectivity index (χ1) is 14.5. The zero-order valence-electron chi connectivity index (χ0n) is 16.7. The molecular weight excluding hydrogens is 408 g/mol. The fourth-order valence-corrected chi connectivity index (χ4v) is 2.94. The van der Waals surface area contributed by atoms with Crippen LogP contribution in [0.1, 0.15) is 6.92 Å². The highest BCUT2D eigenvalue weighted by Gasteiger charge is 2.13. The minimum atomic E-state index is -0.454. The lowest BCUT2D eigenvalue weighted by atomic mass is 10.1. The SMILES string of the molecule is CCOc1ccc(-c2cccc(NC(=O)Nc3cc(Cl)c(OC)cc3OC)c2)nn1. The fourth-order valence-electron chi connectivity index (χ4n) is 2.70. The summed E-state index contributed by atoms with van der Waals surface area (Å²) >= 11 is 6.15. The van der Waals surface area contributed by atoms with E-state index in [2.05, 4.69) is 20.8 Å². The number of aromatic nitrogens is 2. The van der Waals surface area contributed by atoms with Gasteiger partial charge in [-0.25, -0.2) is 4.79 Å². The number of methoxy groups -OCH3 is 2. The highest BCUT2D eigenvalue weighted by Crippen LogP contribution is 2.36. The number of rotatable bonds is 7. The number of ether oxygens (including phenoxy) is 3. The number of halogens is 1. The molecule has 156 valence electrons. The number of urea groups is 1. The molecule has 2 N–H and O–H groups in total. The summed E-state index contributed by atoms with van der Waals surface area (Å²) in [5, 5.41) is 14.0. The maximum Gasteiger partial charge on any atom is 0.323 e. The fraction of sp³-hybridized carbons (Fsp3) is 0.190. The van der Waals surface area contributed by atoms with E-state index in [4.69, 9.17) is 25.8 Å². The van der Waals surface area contributed by atoms with E-state index in [-0.39, 0.29) is 0 Å². The summed E-state index contributed by atoms with van der Waals surface area (Å²) in [6.45, 7) is 2.40. The number of anilines is 2. The molecule has 0 saturated heterocycles. The number of carbonyl (C=O) groups is 1. The van der Waals surface area contributed by atoms with Gasteiger partial charge in [0, 0.05) is 23.4 Å². The highest BCUT2D eigenvalue weighted by molar-refractivity contribution is 6.32. The Hall–Kier alpha value is -3.52. The van der Waals surface area contributed by atoms with Crippen molar-refractivity contribution in [1.29, 1.82) is 0 Å². The Labute approximate surface area is 179 Å². The molecular formula is C21H21ClN4O4. The topological polar surface area (TPSA) is 94.6 Å². The molecule has 2 amide bonds. The Morgan fingerprint density at radius 2 is 1.80 bits per heavy atom. The van der Waals surface area contributed by atoms with Gasteiger partial charge < -0.3 is 24.8 Å². The summed E-state index contributed by atoms with van der Waals surface area (Å²) < 4.78 is 15.8. The molecule has 0 aliphatic carbocycles. The van der Waals surface area contributed by atoms with E-state index in [1.165, 1.54) is 14.2 Å². The van der Waals surface area contributed by atoms with Gasteiger partial charge in [-0.15, -0.1) is 10.2 Å². The molecule has 3 aromatic rings. The van der Waals surface area contributed by atoms with Gasteiger partial charge in [-0.3, -0.25) is 0 Å². The van der Waals surface area contributed by atoms with Crippen molar-refractivity contribution in [2.75, 3.05) is 31.5 Å². The van der Waals surface area contributed by atoms with Crippen LogP contribution in [-0.2, 0) is 0 Å². The number of nitrogens with one attached hydrogen (secondary N) is 2. The minimum absolute atomic E-state index is 0.352. The first-order valence-corrected chi connectivity index (χ1v) is 9.48. The molecule has 0 saturated carbocycles. The van der Waals surface area contributed by atoms with Gasteiger partial charge in [0.1, 0.15) is 11.5 Å². The number of hydrogen-bond acceptors (Lipinski definition) is 6. The largest absolute Gasteiger partial charge is 0.495 e. The number of benzene rings is 2. The first-order valence-electron chi connectivity index (χ1n) is 9.10. The van der Waals surface area contributed by atoms with Gasteiger partial charge in [-0.1, -0.05) is 23.7 Å². The van der Waals surface area contributed by atoms with Gasteiger partial charge in [0.05, 0.1) is 37.2 Å². The van der Waals surface area contributed by atoms with E-state index >= 15 is 0 Å². The molecule has 0 fully saturated rings. The minimum Gasteiger partial charge on any atom is -0.495 e. The Balaban J connectivity index is 1.73. The zero-order valence-corrected chi connectivity index (χ0v) is 17.5. The van der Waals surface area contributed by atoms with E-state index in [1.807, 2.05) is 19.1 Å². The van der Waals surface area contributed by atoms with Gasteiger partial charge >= 0.3 is 6.03 Å². The van der Waals surface area contributed by atoms with Crippen LogP contribution >= 0.6 is 11.6 Å². The molecule has 9 heteroatoms. The van der Waals surface area contributed by atoms with Crippen LogP contribution in [0.4, 0.5) is 16.2 Å². The van der Waals surface area contributed by atoms with Crippen LogP contribution in [0, 0.1) is 0 Å². The third kappa shape index (κ3) is 5.09. The Kier molecular flexibility index (Phi) is 6.92. The summed E-state index contributed by atoms with van der Waals surface area (Å²) in [6.07, 6.45) is 0. The van der Waals surface area contributed by atoms with Crippen LogP contribution in [-0.4, -0.2) is 37.1 Å². The van der Waals surface area contributed by atoms with Crippen molar-refractivity contribution < 1.29 is 19.0 Å². The lowest BCUT2D eigenvalue weighted by Crippen LogP contribution is -2.19. The highest BCUT2D eigenvalue weighted by atomic mass is 35.5. The monoisotopic (exact) mass is 428 g/mol.